The van der Waals surface area contributed by atoms with Gasteiger partial charge >= 0.3 is 0 Å². The van der Waals surface area contributed by atoms with E-state index in [0.29, 0.717) is 6.42 Å². The summed E-state index contributed by atoms with van der Waals surface area (Å²) in [4.78, 5) is 18.5. The fourth-order valence-electron chi connectivity index (χ4n) is 3.37. The van der Waals surface area contributed by atoms with Gasteiger partial charge in [0.05, 0.1) is 11.7 Å². The maximum atomic E-state index is 12.6. The Balaban J connectivity index is 1.59. The molecule has 1 amide bonds. The third-order valence-corrected chi connectivity index (χ3v) is 4.81. The molecule has 0 spiro atoms. The summed E-state index contributed by atoms with van der Waals surface area (Å²) in [6, 6.07) is 0.247. The van der Waals surface area contributed by atoms with Crippen LogP contribution in [0.15, 0.2) is 12.7 Å². The Bertz CT molecular complexity index is 675. The molecule has 23 heavy (non-hydrogen) atoms. The van der Waals surface area contributed by atoms with Crippen molar-refractivity contribution in [2.24, 2.45) is 7.05 Å². The molecular weight excluding hydrogens is 292 g/mol. The molecule has 7 heteroatoms. The molecule has 0 radical (unpaired) electrons. The molecule has 0 bridgehead atoms. The number of hydrogen-bond acceptors (Lipinski definition) is 4. The lowest BCUT2D eigenvalue weighted by Gasteiger charge is -2.32. The van der Waals surface area contributed by atoms with Crippen LogP contribution in [0.25, 0.3) is 0 Å². The molecule has 7 nitrogen and oxygen atoms in total. The Kier molecular flexibility index (Phi) is 4.45. The summed E-state index contributed by atoms with van der Waals surface area (Å²) >= 11 is 0. The minimum Gasteiger partial charge on any atom is -0.341 e. The number of aryl methyl sites for hydroxylation is 2. The van der Waals surface area contributed by atoms with Crippen LogP contribution in [0.2, 0.25) is 0 Å². The van der Waals surface area contributed by atoms with Gasteiger partial charge in [-0.15, -0.1) is 0 Å². The highest BCUT2D eigenvalue weighted by molar-refractivity contribution is 5.76. The zero-order valence-electron chi connectivity index (χ0n) is 14.1. The van der Waals surface area contributed by atoms with Crippen molar-refractivity contribution in [3.8, 4) is 0 Å². The molecule has 2 aromatic heterocycles. The number of carbonyl (C=O) groups is 1. The van der Waals surface area contributed by atoms with Crippen LogP contribution in [0.5, 0.6) is 0 Å². The minimum atomic E-state index is 0.220. The van der Waals surface area contributed by atoms with Crippen LogP contribution in [-0.4, -0.2) is 48.4 Å². The van der Waals surface area contributed by atoms with Gasteiger partial charge in [-0.25, -0.2) is 9.67 Å². The summed E-state index contributed by atoms with van der Waals surface area (Å²) in [7, 11) is 1.95. The molecule has 0 N–H and O–H groups in total. The van der Waals surface area contributed by atoms with Gasteiger partial charge in [-0.3, -0.25) is 9.48 Å². The number of aromatic nitrogens is 5. The van der Waals surface area contributed by atoms with Crippen LogP contribution in [-0.2, 0) is 18.3 Å². The fourth-order valence-corrected chi connectivity index (χ4v) is 3.37. The van der Waals surface area contributed by atoms with E-state index in [1.165, 1.54) is 5.56 Å². The third kappa shape index (κ3) is 3.28. The van der Waals surface area contributed by atoms with E-state index in [4.69, 9.17) is 0 Å². The molecule has 1 fully saturated rings. The minimum absolute atomic E-state index is 0.220. The van der Waals surface area contributed by atoms with Crippen LogP contribution in [0.4, 0.5) is 0 Å². The monoisotopic (exact) mass is 316 g/mol. The first kappa shape index (κ1) is 15.7. The molecule has 1 atom stereocenters. The van der Waals surface area contributed by atoms with E-state index in [2.05, 4.69) is 22.1 Å². The first-order valence-corrected chi connectivity index (χ1v) is 8.17. The number of carbonyl (C=O) groups excluding carboxylic acids is 1. The molecule has 0 aliphatic carbocycles. The van der Waals surface area contributed by atoms with Gasteiger partial charge < -0.3 is 4.90 Å². The van der Waals surface area contributed by atoms with Gasteiger partial charge in [-0.2, -0.15) is 10.2 Å². The van der Waals surface area contributed by atoms with E-state index in [1.807, 2.05) is 28.2 Å². The number of hydrogen-bond donors (Lipinski definition) is 0. The van der Waals surface area contributed by atoms with Crippen LogP contribution < -0.4 is 0 Å². The molecule has 2 aromatic rings. The average molecular weight is 316 g/mol. The second-order valence-electron chi connectivity index (χ2n) is 6.28. The maximum absolute atomic E-state index is 12.6. The number of nitrogens with zero attached hydrogens (tertiary/aromatic N) is 6. The van der Waals surface area contributed by atoms with Crippen molar-refractivity contribution >= 4 is 5.91 Å². The van der Waals surface area contributed by atoms with Gasteiger partial charge in [0.2, 0.25) is 5.91 Å². The molecule has 1 saturated heterocycles. The van der Waals surface area contributed by atoms with Crippen molar-refractivity contribution in [2.45, 2.75) is 45.6 Å². The maximum Gasteiger partial charge on any atom is 0.222 e. The van der Waals surface area contributed by atoms with Gasteiger partial charge in [0.25, 0.3) is 0 Å². The molecular formula is C16H24N6O. The topological polar surface area (TPSA) is 68.8 Å². The number of rotatable bonds is 4. The summed E-state index contributed by atoms with van der Waals surface area (Å²) in [5, 5.41) is 8.63. The number of amides is 1. The van der Waals surface area contributed by atoms with E-state index >= 15 is 0 Å². The van der Waals surface area contributed by atoms with Gasteiger partial charge in [0.15, 0.2) is 0 Å². The summed E-state index contributed by atoms with van der Waals surface area (Å²) in [5.74, 6) is 0.220. The lowest BCUT2D eigenvalue weighted by atomic mass is 10.0. The van der Waals surface area contributed by atoms with Crippen molar-refractivity contribution in [3.05, 3.63) is 29.6 Å². The molecule has 124 valence electrons. The average Bonchev–Trinajstić information content (AvgIpc) is 3.16. The van der Waals surface area contributed by atoms with Crippen LogP contribution in [0.1, 0.15) is 42.3 Å². The highest BCUT2D eigenvalue weighted by Crippen LogP contribution is 2.22. The highest BCUT2D eigenvalue weighted by atomic mass is 16.2. The van der Waals surface area contributed by atoms with Crippen LogP contribution in [0.3, 0.4) is 0 Å². The fraction of sp³-hybridized carbons (Fsp3) is 0.625. The highest BCUT2D eigenvalue weighted by Gasteiger charge is 2.25. The first-order valence-electron chi connectivity index (χ1n) is 8.17. The van der Waals surface area contributed by atoms with Crippen LogP contribution in [0, 0.1) is 13.8 Å². The zero-order chi connectivity index (χ0) is 16.4. The Hall–Kier alpha value is -2.18. The van der Waals surface area contributed by atoms with Gasteiger partial charge in [0, 0.05) is 32.3 Å². The summed E-state index contributed by atoms with van der Waals surface area (Å²) in [6.07, 6.45) is 6.65. The van der Waals surface area contributed by atoms with E-state index in [1.54, 1.807) is 12.7 Å². The Morgan fingerprint density at radius 2 is 2.22 bits per heavy atom. The van der Waals surface area contributed by atoms with E-state index in [9.17, 15) is 4.79 Å². The summed E-state index contributed by atoms with van der Waals surface area (Å²) < 4.78 is 3.76. The third-order valence-electron chi connectivity index (χ3n) is 4.81. The van der Waals surface area contributed by atoms with E-state index in [0.717, 1.165) is 43.7 Å². The normalized spacial score (nSPS) is 18.4. The predicted molar refractivity (Wildman–Crippen MR) is 85.9 cm³/mol. The molecule has 0 saturated carbocycles. The Morgan fingerprint density at radius 1 is 1.39 bits per heavy atom. The SMILES string of the molecule is Cc1nn(C)c(C)c1CCC(=O)N1CCC[C@@H](n2cncn2)C1. The van der Waals surface area contributed by atoms with Gasteiger partial charge in [-0.1, -0.05) is 0 Å². The van der Waals surface area contributed by atoms with Crippen molar-refractivity contribution in [2.75, 3.05) is 13.1 Å². The largest absolute Gasteiger partial charge is 0.341 e. The molecule has 0 unspecified atom stereocenters. The lowest BCUT2D eigenvalue weighted by Crippen LogP contribution is -2.41. The van der Waals surface area contributed by atoms with Gasteiger partial charge in [-0.05, 0) is 38.7 Å². The molecule has 1 aliphatic heterocycles. The Labute approximate surface area is 136 Å². The first-order chi connectivity index (χ1) is 11.1. The molecule has 3 heterocycles. The standard InChI is InChI=1S/C16H24N6O/c1-12-15(13(2)20(3)19-12)6-7-16(23)21-8-4-5-14(9-21)22-11-17-10-18-22/h10-11,14H,4-9H2,1-3H3/t14-/m1/s1. The van der Waals surface area contributed by atoms with Crippen molar-refractivity contribution < 1.29 is 4.79 Å². The molecule has 3 rings (SSSR count). The number of piperidine rings is 1. The number of likely N-dealkylation sites (tertiary alicyclic amines) is 1. The molecule has 0 aromatic carbocycles. The Morgan fingerprint density at radius 3 is 2.87 bits per heavy atom. The van der Waals surface area contributed by atoms with Gasteiger partial charge in [0.1, 0.15) is 12.7 Å². The zero-order valence-corrected chi connectivity index (χ0v) is 14.1. The summed E-state index contributed by atoms with van der Waals surface area (Å²) in [5.41, 5.74) is 3.37. The van der Waals surface area contributed by atoms with Crippen LogP contribution >= 0.6 is 0 Å². The summed E-state index contributed by atoms with van der Waals surface area (Å²) in [6.45, 7) is 5.64. The second-order valence-corrected chi connectivity index (χ2v) is 6.28. The predicted octanol–water partition coefficient (Wildman–Crippen LogP) is 1.42. The quantitative estimate of drug-likeness (QED) is 0.855. The van der Waals surface area contributed by atoms with E-state index in [-0.39, 0.29) is 11.9 Å². The lowest BCUT2D eigenvalue weighted by molar-refractivity contribution is -0.132. The van der Waals surface area contributed by atoms with E-state index < -0.39 is 0 Å². The van der Waals surface area contributed by atoms with Crippen molar-refractivity contribution in [1.82, 2.24) is 29.4 Å². The smallest absolute Gasteiger partial charge is 0.222 e. The molecule has 1 aliphatic rings. The van der Waals surface area contributed by atoms with Crippen molar-refractivity contribution in [3.63, 3.8) is 0 Å². The second kappa shape index (κ2) is 6.52. The van der Waals surface area contributed by atoms with Crippen molar-refractivity contribution in [1.29, 1.82) is 0 Å².